The third-order valence-corrected chi connectivity index (χ3v) is 7.88. The number of sulfonamides is 1. The smallest absolute Gasteiger partial charge is 0.232 e. The Morgan fingerprint density at radius 1 is 1.17 bits per heavy atom. The maximum atomic E-state index is 14.6. The van der Waals surface area contributed by atoms with Crippen LogP contribution in [0.5, 0.6) is 11.6 Å². The van der Waals surface area contributed by atoms with E-state index in [4.69, 9.17) is 22.1 Å². The van der Waals surface area contributed by atoms with Gasteiger partial charge in [-0.15, -0.1) is 0 Å². The molecule has 0 saturated carbocycles. The van der Waals surface area contributed by atoms with Crippen LogP contribution in [0.4, 0.5) is 24.7 Å². The van der Waals surface area contributed by atoms with E-state index in [-0.39, 0.29) is 51.4 Å². The van der Waals surface area contributed by atoms with Crippen LogP contribution in [0, 0.1) is 18.6 Å². The predicted octanol–water partition coefficient (Wildman–Crippen LogP) is 5.70. The number of nitrogen functional groups attached to an aromatic ring is 1. The van der Waals surface area contributed by atoms with Crippen LogP contribution in [-0.2, 0) is 10.0 Å². The molecule has 0 aliphatic carbocycles. The van der Waals surface area contributed by atoms with E-state index < -0.39 is 39.9 Å². The Balaban J connectivity index is 1.40. The van der Waals surface area contributed by atoms with E-state index in [0.29, 0.717) is 16.6 Å². The van der Waals surface area contributed by atoms with Gasteiger partial charge in [0, 0.05) is 17.0 Å². The summed E-state index contributed by atoms with van der Waals surface area (Å²) in [7, 11) is -3.97. The fourth-order valence-electron chi connectivity index (χ4n) is 4.17. The minimum Gasteiger partial charge on any atom is -0.434 e. The van der Waals surface area contributed by atoms with Crippen LogP contribution in [0.3, 0.4) is 0 Å². The first-order valence-electron chi connectivity index (χ1n) is 12.3. The number of nitrogens with one attached hydrogen (secondary N) is 2. The average molecular weight is 619 g/mol. The number of carbonyl (C=O) groups excluding carboxylic acids is 1. The Morgan fingerprint density at radius 2 is 1.95 bits per heavy atom. The Morgan fingerprint density at radius 3 is 2.67 bits per heavy atom. The molecular formula is C27H22ClF3N6O4S. The van der Waals surface area contributed by atoms with Crippen LogP contribution in [0.25, 0.3) is 16.6 Å². The van der Waals surface area contributed by atoms with E-state index in [2.05, 4.69) is 19.8 Å². The largest absolute Gasteiger partial charge is 0.434 e. The number of rotatable bonds is 10. The summed E-state index contributed by atoms with van der Waals surface area (Å²) in [6.07, 6.45) is 2.42. The van der Waals surface area contributed by atoms with E-state index >= 15 is 0 Å². The van der Waals surface area contributed by atoms with Gasteiger partial charge in [-0.1, -0.05) is 17.7 Å². The number of aryl methyl sites for hydroxylation is 1. The summed E-state index contributed by atoms with van der Waals surface area (Å²) in [5, 5.41) is 4.59. The number of alkyl halides is 1. The van der Waals surface area contributed by atoms with Gasteiger partial charge in [0.15, 0.2) is 11.6 Å². The molecule has 4 N–H and O–H groups in total. The summed E-state index contributed by atoms with van der Waals surface area (Å²) in [4.78, 5) is 20.3. The molecule has 0 aliphatic rings. The van der Waals surface area contributed by atoms with E-state index in [1.807, 2.05) is 0 Å². The number of nitrogens with two attached hydrogens (primary N) is 1. The lowest BCUT2D eigenvalue weighted by molar-refractivity contribution is 0.103. The molecule has 0 spiro atoms. The van der Waals surface area contributed by atoms with Gasteiger partial charge in [-0.05, 0) is 49.2 Å². The molecule has 0 aliphatic heterocycles. The molecule has 0 amide bonds. The molecule has 10 nitrogen and oxygen atoms in total. The lowest BCUT2D eigenvalue weighted by Crippen LogP contribution is -2.17. The average Bonchev–Trinajstić information content (AvgIpc) is 3.52. The van der Waals surface area contributed by atoms with Crippen molar-refractivity contribution in [2.45, 2.75) is 13.3 Å². The molecule has 0 radical (unpaired) electrons. The van der Waals surface area contributed by atoms with Crippen molar-refractivity contribution < 1.29 is 31.1 Å². The number of pyridine rings is 1. The number of H-pyrrole nitrogens is 1. The lowest BCUT2D eigenvalue weighted by atomic mass is 10.1. The first-order valence-corrected chi connectivity index (χ1v) is 14.4. The number of aromatic amines is 1. The van der Waals surface area contributed by atoms with Crippen LogP contribution in [0.2, 0.25) is 5.02 Å². The molecule has 3 heterocycles. The van der Waals surface area contributed by atoms with Gasteiger partial charge in [0.05, 0.1) is 52.5 Å². The van der Waals surface area contributed by atoms with Crippen LogP contribution in [0.15, 0.2) is 54.9 Å². The number of fused-ring (bicyclic) bond motifs is 1. The standard InChI is InChI=1S/C27H22ClF3N6O4S/c1-14-8-24(41-26-17(28)4-2-5-18(26)30)33-13-23(14)37-27(32)16(12-34-37)25(38)22-10-15-9-19(31)21(11-20(15)35-22)36-42(39,40)7-3-6-29/h2,4-5,8-13,35-36H,3,6-7,32H2,1H3. The molecule has 42 heavy (non-hydrogen) atoms. The number of anilines is 2. The molecule has 15 heteroatoms. The fourth-order valence-corrected chi connectivity index (χ4v) is 5.46. The van der Waals surface area contributed by atoms with E-state index in [0.717, 1.165) is 6.07 Å². The highest BCUT2D eigenvalue weighted by atomic mass is 35.5. The number of aromatic nitrogens is 4. The Bertz CT molecular complexity index is 1920. The molecule has 0 fully saturated rings. The number of hydrogen-bond acceptors (Lipinski definition) is 7. The van der Waals surface area contributed by atoms with Crippen molar-refractivity contribution >= 4 is 49.8 Å². The summed E-state index contributed by atoms with van der Waals surface area (Å²) in [6, 6.07) is 9.31. The Labute approximate surface area is 242 Å². The molecule has 0 saturated heterocycles. The van der Waals surface area contributed by atoms with Crippen molar-refractivity contribution in [1.82, 2.24) is 19.7 Å². The predicted molar refractivity (Wildman–Crippen MR) is 152 cm³/mol. The van der Waals surface area contributed by atoms with Crippen LogP contribution in [0.1, 0.15) is 28.0 Å². The lowest BCUT2D eigenvalue weighted by Gasteiger charge is -2.11. The van der Waals surface area contributed by atoms with Crippen LogP contribution in [-0.4, -0.2) is 46.4 Å². The van der Waals surface area contributed by atoms with Crippen LogP contribution < -0.4 is 15.2 Å². The highest BCUT2D eigenvalue weighted by Crippen LogP contribution is 2.33. The van der Waals surface area contributed by atoms with Crippen molar-refractivity contribution in [3.8, 4) is 17.3 Å². The number of halogens is 4. The number of carbonyl (C=O) groups is 1. The highest BCUT2D eigenvalue weighted by molar-refractivity contribution is 7.92. The summed E-state index contributed by atoms with van der Waals surface area (Å²) in [5.74, 6) is -2.71. The highest BCUT2D eigenvalue weighted by Gasteiger charge is 2.22. The maximum Gasteiger partial charge on any atom is 0.232 e. The van der Waals surface area contributed by atoms with E-state index in [1.54, 1.807) is 6.92 Å². The van der Waals surface area contributed by atoms with E-state index in [1.165, 1.54) is 53.5 Å². The molecule has 0 unspecified atom stereocenters. The van der Waals surface area contributed by atoms with Gasteiger partial charge in [-0.2, -0.15) is 5.10 Å². The number of nitrogens with zero attached hydrogens (tertiary/aromatic N) is 3. The zero-order valence-corrected chi connectivity index (χ0v) is 23.4. The van der Waals surface area contributed by atoms with Crippen LogP contribution >= 0.6 is 11.6 Å². The molecule has 2 aromatic carbocycles. The minimum atomic E-state index is -3.97. The normalized spacial score (nSPS) is 11.6. The van der Waals surface area contributed by atoms with Crippen molar-refractivity contribution in [2.75, 3.05) is 22.9 Å². The van der Waals surface area contributed by atoms with Crippen molar-refractivity contribution in [3.63, 3.8) is 0 Å². The maximum absolute atomic E-state index is 14.6. The molecule has 3 aromatic heterocycles. The second kappa shape index (κ2) is 11.4. The number of para-hydroxylation sites is 1. The van der Waals surface area contributed by atoms with Gasteiger partial charge < -0.3 is 15.5 Å². The fraction of sp³-hybridized carbons (Fsp3) is 0.148. The minimum absolute atomic E-state index is 0.0122. The van der Waals surface area contributed by atoms with Gasteiger partial charge in [0.25, 0.3) is 0 Å². The van der Waals surface area contributed by atoms with Gasteiger partial charge in [-0.25, -0.2) is 26.9 Å². The topological polar surface area (TPSA) is 145 Å². The second-order valence-electron chi connectivity index (χ2n) is 9.21. The van der Waals surface area contributed by atoms with Gasteiger partial charge in [0.2, 0.25) is 21.7 Å². The SMILES string of the molecule is Cc1cc(Oc2c(F)cccc2Cl)ncc1-n1ncc(C(=O)c2cc3cc(F)c(NS(=O)(=O)CCCF)cc3[nH]2)c1N. The Kier molecular flexibility index (Phi) is 7.84. The van der Waals surface area contributed by atoms with Crippen molar-refractivity contribution in [2.24, 2.45) is 0 Å². The monoisotopic (exact) mass is 618 g/mol. The molecule has 0 atom stereocenters. The molecule has 0 bridgehead atoms. The van der Waals surface area contributed by atoms with Crippen molar-refractivity contribution in [1.29, 1.82) is 0 Å². The summed E-state index contributed by atoms with van der Waals surface area (Å²) >= 11 is 6.02. The second-order valence-corrected chi connectivity index (χ2v) is 11.5. The number of ether oxygens (including phenoxy) is 1. The first-order chi connectivity index (χ1) is 20.0. The summed E-state index contributed by atoms with van der Waals surface area (Å²) < 4.78 is 74.2. The molecular weight excluding hydrogens is 597 g/mol. The third kappa shape index (κ3) is 5.76. The number of ketones is 1. The van der Waals surface area contributed by atoms with Gasteiger partial charge in [0.1, 0.15) is 11.6 Å². The zero-order valence-electron chi connectivity index (χ0n) is 21.8. The van der Waals surface area contributed by atoms with Gasteiger partial charge >= 0.3 is 0 Å². The molecule has 218 valence electrons. The third-order valence-electron chi connectivity index (χ3n) is 6.23. The molecule has 5 rings (SSSR count). The Hall–Kier alpha value is -4.56. The van der Waals surface area contributed by atoms with Gasteiger partial charge in [-0.3, -0.25) is 13.9 Å². The number of hydrogen-bond donors (Lipinski definition) is 3. The molecule has 5 aromatic rings. The first kappa shape index (κ1) is 29.0. The zero-order chi connectivity index (χ0) is 30.2. The van der Waals surface area contributed by atoms with Crippen molar-refractivity contribution in [3.05, 3.63) is 88.3 Å². The summed E-state index contributed by atoms with van der Waals surface area (Å²) in [6.45, 7) is 0.885. The van der Waals surface area contributed by atoms with E-state index in [9.17, 15) is 26.4 Å². The quantitative estimate of drug-likeness (QED) is 0.170. The summed E-state index contributed by atoms with van der Waals surface area (Å²) in [5.41, 5.74) is 7.29. The number of benzene rings is 2.